The number of fused-ring (bicyclic) bond motifs is 9. The lowest BCUT2D eigenvalue weighted by Gasteiger charge is -2.35. The van der Waals surface area contributed by atoms with E-state index in [0.717, 1.165) is 65.5 Å². The van der Waals surface area contributed by atoms with Gasteiger partial charge in [-0.2, -0.15) is 8.75 Å². The van der Waals surface area contributed by atoms with Crippen LogP contribution in [0.2, 0.25) is 24.2 Å². The van der Waals surface area contributed by atoms with Crippen molar-refractivity contribution in [1.82, 2.24) is 8.75 Å². The van der Waals surface area contributed by atoms with E-state index >= 15 is 8.78 Å². The summed E-state index contributed by atoms with van der Waals surface area (Å²) in [5.41, 5.74) is 1.64. The minimum absolute atomic E-state index is 0.00452. The number of unbranched alkanes of at least 4 members (excludes halogenated alkanes) is 12. The van der Waals surface area contributed by atoms with Crippen LogP contribution in [-0.4, -0.2) is 38.1 Å². The molecule has 0 saturated carbocycles. The van der Waals surface area contributed by atoms with E-state index in [1.165, 1.54) is 286 Å². The third-order valence-corrected chi connectivity index (χ3v) is 46.8. The molecule has 612 valence electrons. The molecule has 9 heterocycles. The largest absolute Gasteiger partial charge is 0.491 e. The van der Waals surface area contributed by atoms with E-state index in [1.54, 1.807) is 33.0 Å². The van der Waals surface area contributed by atoms with E-state index in [0.29, 0.717) is 63.6 Å². The molecule has 0 spiro atoms. The zero-order valence-corrected chi connectivity index (χ0v) is 79.6. The average Bonchev–Trinajstić information content (AvgIpc) is 1.54. The Kier molecular flexibility index (Phi) is 33.2. The molecule has 15 heteroatoms. The number of halogens is 2. The highest BCUT2D eigenvalue weighted by molar-refractivity contribution is 7.34. The maximum atomic E-state index is 18.8. The van der Waals surface area contributed by atoms with Gasteiger partial charge in [-0.3, -0.25) is 0 Å². The van der Waals surface area contributed by atoms with Crippen LogP contribution in [0.4, 0.5) is 8.78 Å². The molecule has 6 unspecified atom stereocenters. The molecule has 0 saturated heterocycles. The quantitative estimate of drug-likeness (QED) is 0.0282. The summed E-state index contributed by atoms with van der Waals surface area (Å²) in [6.45, 7) is 41.8. The summed E-state index contributed by atoms with van der Waals surface area (Å²) in [6.07, 6.45) is 40.1. The Morgan fingerprint density at radius 3 is 1.11 bits per heavy atom. The van der Waals surface area contributed by atoms with Gasteiger partial charge < -0.3 is 9.47 Å². The first-order chi connectivity index (χ1) is 53.8. The number of nitrogens with zero attached hydrogens (tertiary/aromatic N) is 2. The summed E-state index contributed by atoms with van der Waals surface area (Å²) in [5, 5.41) is 8.62. The van der Waals surface area contributed by atoms with Crippen LogP contribution in [0.1, 0.15) is 345 Å². The summed E-state index contributed by atoms with van der Waals surface area (Å²) in [6, 6.07) is 20.0. The van der Waals surface area contributed by atoms with Crippen molar-refractivity contribution < 1.29 is 18.3 Å². The first kappa shape index (κ1) is 88.7. The number of ether oxygens (including phenoxy) is 2. The van der Waals surface area contributed by atoms with Crippen LogP contribution in [0.3, 0.4) is 0 Å². The van der Waals surface area contributed by atoms with E-state index in [9.17, 15) is 0 Å². The lowest BCUT2D eigenvalue weighted by molar-refractivity contribution is 0.226. The van der Waals surface area contributed by atoms with Crippen LogP contribution in [-0.2, 0) is 5.41 Å². The summed E-state index contributed by atoms with van der Waals surface area (Å²) in [4.78, 5) is 12.5. The van der Waals surface area contributed by atoms with Crippen molar-refractivity contribution in [3.8, 4) is 61.6 Å². The van der Waals surface area contributed by atoms with Crippen LogP contribution < -0.4 is 30.2 Å². The second-order valence-electron chi connectivity index (χ2n) is 35.5. The molecule has 0 N–H and O–H groups in total. The van der Waals surface area contributed by atoms with Gasteiger partial charge in [-0.05, 0) is 160 Å². The van der Waals surface area contributed by atoms with Crippen LogP contribution in [0, 0.1) is 47.1 Å². The van der Waals surface area contributed by atoms with Crippen LogP contribution in [0.25, 0.3) is 81.3 Å². The minimum Gasteiger partial charge on any atom is -0.491 e. The molecule has 0 bridgehead atoms. The molecule has 2 aliphatic rings. The molecule has 0 amide bonds. The molecule has 6 atom stereocenters. The topological polar surface area (TPSA) is 44.2 Å². The predicted molar refractivity (Wildman–Crippen MR) is 501 cm³/mol. The van der Waals surface area contributed by atoms with E-state index in [2.05, 4.69) is 154 Å². The highest BCUT2D eigenvalue weighted by atomic mass is 32.1. The van der Waals surface area contributed by atoms with Crippen LogP contribution >= 0.6 is 79.7 Å². The lowest BCUT2D eigenvalue weighted by Crippen LogP contribution is -2.56. The Balaban J connectivity index is 1.10. The van der Waals surface area contributed by atoms with E-state index in [1.807, 2.05) is 45.3 Å². The zero-order valence-electron chi connectivity index (χ0n) is 71.9. The number of thiophene rings is 6. The Hall–Kier alpha value is -3.13. The molecule has 4 nitrogen and oxygen atoms in total. The average molecular weight is 1670 g/mol. The molecule has 2 aromatic carbocycles. The van der Waals surface area contributed by atoms with Crippen molar-refractivity contribution in [2.24, 2.45) is 35.5 Å². The monoisotopic (exact) mass is 1670 g/mol. The third-order valence-electron chi connectivity index (χ3n) is 26.7. The SMILES string of the molecule is CCCCCCC(CCCC)COc1c2cc(C(C)(C)CC)sc2c(OCC(CCCC)CCCCCC)c2cc(-c3cc4c(s3)-c3sc(-c5c(F)c(F)c(-c6cc7c(s6)-c6sc(C(C)C)cc6[Si]7(CC(CC)CCCC)CC(CC)CCCC)c6nsnc56)cc3[Si]4(CC(CC)CCCC)CC(CC)CCCC)sc12. The van der Waals surface area contributed by atoms with Gasteiger partial charge in [0.1, 0.15) is 38.7 Å². The second-order valence-corrected chi connectivity index (χ2v) is 50.5. The van der Waals surface area contributed by atoms with Gasteiger partial charge in [-0.15, -0.1) is 68.0 Å². The second kappa shape index (κ2) is 41.5. The predicted octanol–water partition coefficient (Wildman–Crippen LogP) is 32.7. The van der Waals surface area contributed by atoms with Crippen molar-refractivity contribution in [1.29, 1.82) is 0 Å². The maximum Gasteiger partial charge on any atom is 0.170 e. The number of rotatable bonds is 52. The van der Waals surface area contributed by atoms with Crippen molar-refractivity contribution >= 4 is 148 Å². The molecular formula is C96H142F2N2O2S7Si2. The smallest absolute Gasteiger partial charge is 0.170 e. The number of benzene rings is 2. The van der Waals surface area contributed by atoms with Crippen molar-refractivity contribution in [3.05, 3.63) is 57.8 Å². The molecular weight excluding hydrogens is 1530 g/mol. The highest BCUT2D eigenvalue weighted by Crippen LogP contribution is 2.57. The Morgan fingerprint density at radius 2 is 0.721 bits per heavy atom. The fraction of sp³-hybridized carbons (Fsp3) is 0.667. The van der Waals surface area contributed by atoms with Gasteiger partial charge in [0.2, 0.25) is 0 Å². The van der Waals surface area contributed by atoms with E-state index in [-0.39, 0.29) is 5.41 Å². The molecule has 7 aromatic heterocycles. The highest BCUT2D eigenvalue weighted by Gasteiger charge is 2.53. The molecule has 2 aliphatic heterocycles. The van der Waals surface area contributed by atoms with Gasteiger partial charge >= 0.3 is 0 Å². The van der Waals surface area contributed by atoms with Gasteiger partial charge in [0, 0.05) is 59.5 Å². The molecule has 111 heavy (non-hydrogen) atoms. The van der Waals surface area contributed by atoms with Gasteiger partial charge in [-0.1, -0.05) is 297 Å². The van der Waals surface area contributed by atoms with Gasteiger partial charge in [0.15, 0.2) is 11.6 Å². The summed E-state index contributed by atoms with van der Waals surface area (Å²) in [7, 11) is -5.13. The molecule has 11 rings (SSSR count). The van der Waals surface area contributed by atoms with Gasteiger partial charge in [0.25, 0.3) is 0 Å². The van der Waals surface area contributed by atoms with Crippen LogP contribution in [0.15, 0.2) is 36.4 Å². The first-order valence-electron chi connectivity index (χ1n) is 45.3. The van der Waals surface area contributed by atoms with Crippen molar-refractivity contribution in [3.63, 3.8) is 0 Å². The molecule has 0 aliphatic carbocycles. The Labute approximate surface area is 702 Å². The normalized spacial score (nSPS) is 17.2. The molecule has 0 radical (unpaired) electrons. The Bertz CT molecular complexity index is 4290. The number of hydrogen-bond acceptors (Lipinski definition) is 11. The fourth-order valence-electron chi connectivity index (χ4n) is 19.2. The first-order valence-corrected chi connectivity index (χ1v) is 55.8. The summed E-state index contributed by atoms with van der Waals surface area (Å²) in [5.74, 6) is 4.35. The number of hydrogen-bond donors (Lipinski definition) is 0. The Morgan fingerprint density at radius 1 is 0.378 bits per heavy atom. The maximum absolute atomic E-state index is 18.8. The van der Waals surface area contributed by atoms with Gasteiger partial charge in [0.05, 0.1) is 45.5 Å². The summed E-state index contributed by atoms with van der Waals surface area (Å²) >= 11 is 12.5. The van der Waals surface area contributed by atoms with Crippen molar-refractivity contribution in [2.45, 2.75) is 365 Å². The zero-order chi connectivity index (χ0) is 79.2. The third kappa shape index (κ3) is 19.4. The van der Waals surface area contributed by atoms with Gasteiger partial charge in [-0.25, -0.2) is 8.78 Å². The molecule has 0 fully saturated rings. The van der Waals surface area contributed by atoms with E-state index in [4.69, 9.17) is 18.2 Å². The number of aromatic nitrogens is 2. The minimum atomic E-state index is -2.70. The molecule has 9 aromatic rings. The summed E-state index contributed by atoms with van der Waals surface area (Å²) < 4.78 is 65.4. The van der Waals surface area contributed by atoms with Crippen LogP contribution in [0.5, 0.6) is 11.5 Å². The lowest BCUT2D eigenvalue weighted by atomic mass is 9.88. The van der Waals surface area contributed by atoms with E-state index < -0.39 is 27.8 Å². The fourth-order valence-corrected chi connectivity index (χ4v) is 43.2. The standard InChI is InChI=1S/C96H142F2N2O2S7Si2/c1-18-31-39-41-49-68(47-37-24-7)57-101-88-70-51-73(104-90(70)89(71-52-81(108-91(71)88)96(16,17)30-13)102-58-69(48-38-25-8)50-42-40-32-19-2)74-54-78-93(105-74)95-80(111(78,61-66(28-11)45-35-22-5)62-67(29-12)46-36-23-6)56-76(107-95)83-85(98)84(97)82(86-87(83)100-109-99-86)75-55-79-94(106-75)92-77(53-72(103-92)63(14)15)110(79,59-64(26-9)43-33-20-3)60-65(27-10)44-34-21-4/h51-56,63-69H,18-50,57-62H2,1-17H3. The van der Waals surface area contributed by atoms with Crippen molar-refractivity contribution in [2.75, 3.05) is 13.2 Å².